The Morgan fingerprint density at radius 1 is 1.07 bits per heavy atom. The third kappa shape index (κ3) is 4.20. The minimum atomic E-state index is -2.38. The average molecular weight is 406 g/mol. The lowest BCUT2D eigenvalue weighted by Crippen LogP contribution is -2.26. The van der Waals surface area contributed by atoms with Crippen molar-refractivity contribution < 1.29 is 8.78 Å². The average Bonchev–Trinajstić information content (AvgIpc) is 2.99. The Bertz CT molecular complexity index is 942. The lowest BCUT2D eigenvalue weighted by Gasteiger charge is -2.23. The largest absolute Gasteiger partial charge is 0.354 e. The van der Waals surface area contributed by atoms with Crippen LogP contribution in [0.3, 0.4) is 0 Å². The molecule has 0 radical (unpaired) electrons. The van der Waals surface area contributed by atoms with Gasteiger partial charge in [-0.25, -0.2) is 8.78 Å². The number of piperidine rings is 1. The topological polar surface area (TPSA) is 40.7 Å². The maximum Gasteiger partial charge on any atom is 0.242 e. The van der Waals surface area contributed by atoms with Crippen LogP contribution in [-0.2, 0) is 6.42 Å². The van der Waals surface area contributed by atoms with Gasteiger partial charge in [-0.05, 0) is 81.1 Å². The molecule has 0 saturated carbocycles. The molecule has 1 saturated heterocycles. The van der Waals surface area contributed by atoms with E-state index in [0.717, 1.165) is 59.5 Å². The van der Waals surface area contributed by atoms with Crippen molar-refractivity contribution in [2.24, 2.45) is 0 Å². The van der Waals surface area contributed by atoms with Crippen molar-refractivity contribution in [1.29, 1.82) is 0 Å². The molecule has 0 spiro atoms. The number of halogens is 3. The van der Waals surface area contributed by atoms with Gasteiger partial charge < -0.3 is 10.3 Å². The highest BCUT2D eigenvalue weighted by atomic mass is 35.5. The van der Waals surface area contributed by atoms with Crippen molar-refractivity contribution in [3.8, 4) is 11.3 Å². The fourth-order valence-electron chi connectivity index (χ4n) is 4.27. The minimum Gasteiger partial charge on any atom is -0.354 e. The van der Waals surface area contributed by atoms with E-state index in [4.69, 9.17) is 0 Å². The Balaban J connectivity index is 0.00000225. The van der Waals surface area contributed by atoms with E-state index in [1.807, 2.05) is 32.0 Å². The van der Waals surface area contributed by atoms with E-state index in [1.54, 1.807) is 0 Å². The first-order valence-electron chi connectivity index (χ1n) is 9.60. The Labute approximate surface area is 170 Å². The van der Waals surface area contributed by atoms with Crippen LogP contribution in [0.15, 0.2) is 30.3 Å². The van der Waals surface area contributed by atoms with Crippen LogP contribution in [0.2, 0.25) is 0 Å². The molecular formula is C22H26ClF2N3. The van der Waals surface area contributed by atoms with E-state index in [9.17, 15) is 8.78 Å². The highest BCUT2D eigenvalue weighted by molar-refractivity contribution is 5.91. The molecule has 3 aromatic rings. The highest BCUT2D eigenvalue weighted by Gasteiger charge is 2.20. The molecule has 150 valence electrons. The summed E-state index contributed by atoms with van der Waals surface area (Å²) in [4.78, 5) is 7.81. The Kier molecular flexibility index (Phi) is 6.36. The van der Waals surface area contributed by atoms with Crippen LogP contribution >= 0.6 is 12.4 Å². The predicted molar refractivity (Wildman–Crippen MR) is 113 cm³/mol. The molecule has 0 unspecified atom stereocenters. The monoisotopic (exact) mass is 405 g/mol. The number of benzene rings is 1. The molecule has 0 amide bonds. The smallest absolute Gasteiger partial charge is 0.242 e. The van der Waals surface area contributed by atoms with Crippen LogP contribution in [-0.4, -0.2) is 29.5 Å². The van der Waals surface area contributed by atoms with Gasteiger partial charge in [0.1, 0.15) is 0 Å². The van der Waals surface area contributed by atoms with Crippen LogP contribution < -0.4 is 5.32 Å². The van der Waals surface area contributed by atoms with E-state index < -0.39 is 6.43 Å². The molecule has 3 heterocycles. The van der Waals surface area contributed by atoms with Crippen molar-refractivity contribution in [2.45, 2.75) is 45.5 Å². The summed E-state index contributed by atoms with van der Waals surface area (Å²) in [5, 5.41) is 4.31. The van der Waals surface area contributed by atoms with E-state index in [0.29, 0.717) is 11.5 Å². The number of H-pyrrole nitrogens is 1. The van der Waals surface area contributed by atoms with Crippen LogP contribution in [0.4, 0.5) is 8.78 Å². The molecule has 3 nitrogen and oxygen atoms in total. The maximum absolute atomic E-state index is 13.4. The lowest BCUT2D eigenvalue weighted by molar-refractivity contribution is 0.149. The maximum atomic E-state index is 13.4. The molecule has 28 heavy (non-hydrogen) atoms. The third-order valence-electron chi connectivity index (χ3n) is 5.47. The number of hydrogen-bond donors (Lipinski definition) is 2. The van der Waals surface area contributed by atoms with Crippen molar-refractivity contribution in [3.63, 3.8) is 0 Å². The van der Waals surface area contributed by atoms with Gasteiger partial charge >= 0.3 is 0 Å². The van der Waals surface area contributed by atoms with Crippen LogP contribution in [0.25, 0.3) is 22.2 Å². The lowest BCUT2D eigenvalue weighted by atomic mass is 9.89. The molecule has 2 N–H and O–H groups in total. The molecule has 1 aromatic carbocycles. The number of aryl methyl sites for hydroxylation is 2. The quantitative estimate of drug-likeness (QED) is 0.598. The number of alkyl halides is 2. The van der Waals surface area contributed by atoms with Gasteiger partial charge in [-0.3, -0.25) is 4.98 Å². The molecule has 6 heteroatoms. The number of aromatic nitrogens is 2. The molecule has 0 aliphatic carbocycles. The van der Waals surface area contributed by atoms with Gasteiger partial charge in [0.15, 0.2) is 0 Å². The standard InChI is InChI=1S/C22H25F2N3.ClH/c1-13-9-17(10-14(2)26-13)22-19(12-21(23)24)18-11-16(3-4-20(18)27-22)15-5-7-25-8-6-15;/h3-4,9-11,15,21,25,27H,5-8,12H2,1-2H3;1H. The summed E-state index contributed by atoms with van der Waals surface area (Å²) < 4.78 is 26.8. The second-order valence-electron chi connectivity index (χ2n) is 7.54. The van der Waals surface area contributed by atoms with E-state index in [-0.39, 0.29) is 18.8 Å². The van der Waals surface area contributed by atoms with E-state index >= 15 is 0 Å². The fourth-order valence-corrected chi connectivity index (χ4v) is 4.27. The van der Waals surface area contributed by atoms with E-state index in [2.05, 4.69) is 27.4 Å². The first kappa shape index (κ1) is 20.7. The number of nitrogens with zero attached hydrogens (tertiary/aromatic N) is 1. The second kappa shape index (κ2) is 8.58. The summed E-state index contributed by atoms with van der Waals surface area (Å²) in [6.07, 6.45) is -0.439. The van der Waals surface area contributed by atoms with Crippen molar-refractivity contribution >= 4 is 23.3 Å². The Morgan fingerprint density at radius 3 is 2.39 bits per heavy atom. The Morgan fingerprint density at radius 2 is 1.75 bits per heavy atom. The van der Waals surface area contributed by atoms with E-state index in [1.165, 1.54) is 5.56 Å². The number of hydrogen-bond acceptors (Lipinski definition) is 2. The summed E-state index contributed by atoms with van der Waals surface area (Å²) in [5.41, 5.74) is 6.39. The van der Waals surface area contributed by atoms with Gasteiger partial charge in [0.25, 0.3) is 0 Å². The molecule has 0 bridgehead atoms. The van der Waals surface area contributed by atoms with Crippen LogP contribution in [0, 0.1) is 13.8 Å². The molecule has 2 aromatic heterocycles. The summed E-state index contributed by atoms with van der Waals surface area (Å²) in [6.45, 7) is 5.89. The zero-order chi connectivity index (χ0) is 19.0. The van der Waals surface area contributed by atoms with Crippen molar-refractivity contribution in [2.75, 3.05) is 13.1 Å². The van der Waals surface area contributed by atoms with Crippen molar-refractivity contribution in [1.82, 2.24) is 15.3 Å². The second-order valence-corrected chi connectivity index (χ2v) is 7.54. The normalized spacial score (nSPS) is 15.2. The van der Waals surface area contributed by atoms with Crippen LogP contribution in [0.1, 0.15) is 41.3 Å². The number of pyridine rings is 1. The summed E-state index contributed by atoms with van der Waals surface area (Å²) >= 11 is 0. The van der Waals surface area contributed by atoms with Gasteiger partial charge in [0.2, 0.25) is 6.43 Å². The summed E-state index contributed by atoms with van der Waals surface area (Å²) in [5.74, 6) is 0.499. The molecule has 1 fully saturated rings. The first-order chi connectivity index (χ1) is 13.0. The van der Waals surface area contributed by atoms with Gasteiger partial charge in [0, 0.05) is 34.3 Å². The minimum absolute atomic E-state index is 0. The molecule has 0 atom stereocenters. The predicted octanol–water partition coefficient (Wildman–Crippen LogP) is 5.54. The summed E-state index contributed by atoms with van der Waals surface area (Å²) in [7, 11) is 0. The highest BCUT2D eigenvalue weighted by Crippen LogP contribution is 2.35. The zero-order valence-electron chi connectivity index (χ0n) is 16.2. The molecular weight excluding hydrogens is 380 g/mol. The van der Waals surface area contributed by atoms with Gasteiger partial charge in [-0.2, -0.15) is 0 Å². The first-order valence-corrected chi connectivity index (χ1v) is 9.60. The SMILES string of the molecule is Cc1cc(-c2[nH]c3ccc(C4CCNCC4)cc3c2CC(F)F)cc(C)n1.Cl. The number of rotatable bonds is 4. The van der Waals surface area contributed by atoms with Gasteiger partial charge in [0.05, 0.1) is 5.69 Å². The number of nitrogens with one attached hydrogen (secondary N) is 2. The molecule has 4 rings (SSSR count). The summed E-state index contributed by atoms with van der Waals surface area (Å²) in [6, 6.07) is 10.2. The molecule has 1 aliphatic heterocycles. The molecule has 1 aliphatic rings. The fraction of sp³-hybridized carbons (Fsp3) is 0.409. The van der Waals surface area contributed by atoms with Crippen molar-refractivity contribution in [3.05, 3.63) is 52.8 Å². The van der Waals surface area contributed by atoms with Gasteiger partial charge in [-0.1, -0.05) is 6.07 Å². The third-order valence-corrected chi connectivity index (χ3v) is 5.47. The van der Waals surface area contributed by atoms with Gasteiger partial charge in [-0.15, -0.1) is 12.4 Å². The Hall–Kier alpha value is -1.98. The van der Waals surface area contributed by atoms with Crippen LogP contribution in [0.5, 0.6) is 0 Å². The number of aromatic amines is 1. The zero-order valence-corrected chi connectivity index (χ0v) is 17.0. The number of fused-ring (bicyclic) bond motifs is 1.